The smallest absolute Gasteiger partial charge is 0.307 e. The van der Waals surface area contributed by atoms with Crippen molar-refractivity contribution in [1.29, 1.82) is 0 Å². The van der Waals surface area contributed by atoms with Crippen molar-refractivity contribution in [2.45, 2.75) is 38.1 Å². The van der Waals surface area contributed by atoms with Crippen LogP contribution in [-0.4, -0.2) is 25.7 Å². The van der Waals surface area contributed by atoms with Crippen LogP contribution in [0.1, 0.15) is 32.6 Å². The van der Waals surface area contributed by atoms with Crippen molar-refractivity contribution in [2.75, 3.05) is 14.2 Å². The molecule has 1 unspecified atom stereocenters. The highest BCUT2D eigenvalue weighted by atomic mass is 16.5. The van der Waals surface area contributed by atoms with Crippen LogP contribution in [0.25, 0.3) is 0 Å². The number of carbonyl (C=O) groups excluding carboxylic acids is 1. The summed E-state index contributed by atoms with van der Waals surface area (Å²) in [6.07, 6.45) is 4.19. The molecule has 0 aromatic heterocycles. The van der Waals surface area contributed by atoms with E-state index in [1.807, 2.05) is 7.05 Å². The van der Waals surface area contributed by atoms with Gasteiger partial charge in [0.05, 0.1) is 13.5 Å². The van der Waals surface area contributed by atoms with E-state index in [2.05, 4.69) is 17.0 Å². The predicted molar refractivity (Wildman–Crippen MR) is 51.4 cm³/mol. The van der Waals surface area contributed by atoms with E-state index in [1.165, 1.54) is 20.0 Å². The number of methoxy groups -OCH3 is 1. The van der Waals surface area contributed by atoms with Crippen LogP contribution in [0, 0.1) is 5.92 Å². The zero-order valence-corrected chi connectivity index (χ0v) is 8.72. The van der Waals surface area contributed by atoms with E-state index in [4.69, 9.17) is 0 Å². The van der Waals surface area contributed by atoms with E-state index < -0.39 is 0 Å². The number of hydrogen-bond acceptors (Lipinski definition) is 3. The van der Waals surface area contributed by atoms with Crippen LogP contribution in [0.4, 0.5) is 0 Å². The Kier molecular flexibility index (Phi) is 3.31. The molecule has 0 amide bonds. The monoisotopic (exact) mass is 185 g/mol. The normalized spacial score (nSPS) is 20.8. The molecule has 3 nitrogen and oxygen atoms in total. The molecule has 1 saturated carbocycles. The topological polar surface area (TPSA) is 38.3 Å². The quantitative estimate of drug-likeness (QED) is 0.657. The molecular weight excluding hydrogens is 166 g/mol. The van der Waals surface area contributed by atoms with Gasteiger partial charge in [0.2, 0.25) is 0 Å². The zero-order chi connectivity index (χ0) is 9.90. The van der Waals surface area contributed by atoms with Crippen LogP contribution in [0.5, 0.6) is 0 Å². The average molecular weight is 185 g/mol. The molecule has 0 spiro atoms. The standard InChI is InChI=1S/C10H19NO2/c1-10(11-2,6-8-4-5-8)7-9(12)13-3/h8,11H,4-7H2,1-3H3. The largest absolute Gasteiger partial charge is 0.469 e. The van der Waals surface area contributed by atoms with Crippen molar-refractivity contribution in [3.8, 4) is 0 Å². The number of carbonyl (C=O) groups is 1. The Morgan fingerprint density at radius 1 is 1.62 bits per heavy atom. The van der Waals surface area contributed by atoms with Gasteiger partial charge in [-0.3, -0.25) is 4.79 Å². The Bertz CT molecular complexity index is 189. The molecule has 1 aliphatic carbocycles. The summed E-state index contributed by atoms with van der Waals surface area (Å²) in [6.45, 7) is 2.09. The second-order valence-electron chi connectivity index (χ2n) is 4.21. The SMILES string of the molecule is CNC(C)(CC(=O)OC)CC1CC1. The van der Waals surface area contributed by atoms with Crippen LogP contribution in [0.2, 0.25) is 0 Å². The first-order valence-corrected chi connectivity index (χ1v) is 4.85. The summed E-state index contributed by atoms with van der Waals surface area (Å²) >= 11 is 0. The zero-order valence-electron chi connectivity index (χ0n) is 8.72. The molecule has 1 aliphatic rings. The lowest BCUT2D eigenvalue weighted by Gasteiger charge is -2.28. The lowest BCUT2D eigenvalue weighted by atomic mass is 9.91. The lowest BCUT2D eigenvalue weighted by Crippen LogP contribution is -2.42. The number of ether oxygens (including phenoxy) is 1. The van der Waals surface area contributed by atoms with Crippen molar-refractivity contribution < 1.29 is 9.53 Å². The van der Waals surface area contributed by atoms with Crippen molar-refractivity contribution in [1.82, 2.24) is 5.32 Å². The summed E-state index contributed by atoms with van der Waals surface area (Å²) in [7, 11) is 3.35. The highest BCUT2D eigenvalue weighted by Gasteiger charge is 2.34. The minimum Gasteiger partial charge on any atom is -0.469 e. The van der Waals surface area contributed by atoms with E-state index >= 15 is 0 Å². The average Bonchev–Trinajstić information content (AvgIpc) is 2.88. The van der Waals surface area contributed by atoms with Gasteiger partial charge in [0.15, 0.2) is 0 Å². The summed E-state index contributed by atoms with van der Waals surface area (Å²) < 4.78 is 4.67. The van der Waals surface area contributed by atoms with Crippen molar-refractivity contribution in [3.05, 3.63) is 0 Å². The number of nitrogens with one attached hydrogen (secondary N) is 1. The Morgan fingerprint density at radius 3 is 2.62 bits per heavy atom. The molecule has 13 heavy (non-hydrogen) atoms. The molecule has 1 rings (SSSR count). The second-order valence-corrected chi connectivity index (χ2v) is 4.21. The maximum absolute atomic E-state index is 11.1. The van der Waals surface area contributed by atoms with Crippen molar-refractivity contribution in [2.24, 2.45) is 5.92 Å². The highest BCUT2D eigenvalue weighted by Crippen LogP contribution is 2.37. The minimum absolute atomic E-state index is 0.0751. The van der Waals surface area contributed by atoms with Crippen LogP contribution < -0.4 is 5.32 Å². The van der Waals surface area contributed by atoms with E-state index in [0.717, 1.165) is 12.3 Å². The summed E-state index contributed by atoms with van der Waals surface area (Å²) in [5, 5.41) is 3.21. The number of rotatable bonds is 5. The second kappa shape index (κ2) is 4.09. The Hall–Kier alpha value is -0.570. The van der Waals surface area contributed by atoms with E-state index in [1.54, 1.807) is 0 Å². The fourth-order valence-electron chi connectivity index (χ4n) is 1.61. The lowest BCUT2D eigenvalue weighted by molar-refractivity contribution is -0.142. The molecule has 0 aliphatic heterocycles. The summed E-state index contributed by atoms with van der Waals surface area (Å²) in [5.41, 5.74) is -0.0751. The van der Waals surface area contributed by atoms with Gasteiger partial charge in [-0.05, 0) is 26.3 Å². The van der Waals surface area contributed by atoms with E-state index in [-0.39, 0.29) is 11.5 Å². The molecule has 76 valence electrons. The fraction of sp³-hybridized carbons (Fsp3) is 0.900. The Labute approximate surface area is 79.8 Å². The van der Waals surface area contributed by atoms with Gasteiger partial charge >= 0.3 is 5.97 Å². The van der Waals surface area contributed by atoms with E-state index in [9.17, 15) is 4.79 Å². The molecule has 1 atom stereocenters. The van der Waals surface area contributed by atoms with Crippen LogP contribution >= 0.6 is 0 Å². The molecule has 0 saturated heterocycles. The summed E-state index contributed by atoms with van der Waals surface area (Å²) in [6, 6.07) is 0. The van der Waals surface area contributed by atoms with E-state index in [0.29, 0.717) is 6.42 Å². The maximum Gasteiger partial charge on any atom is 0.307 e. The number of hydrogen-bond donors (Lipinski definition) is 1. The van der Waals surface area contributed by atoms with Crippen LogP contribution in [-0.2, 0) is 9.53 Å². The van der Waals surface area contributed by atoms with Gasteiger partial charge in [0.25, 0.3) is 0 Å². The molecule has 0 bridgehead atoms. The van der Waals surface area contributed by atoms with Gasteiger partial charge in [-0.25, -0.2) is 0 Å². The van der Waals surface area contributed by atoms with Gasteiger partial charge in [-0.2, -0.15) is 0 Å². The molecule has 1 N–H and O–H groups in total. The third-order valence-electron chi connectivity index (χ3n) is 2.80. The molecule has 0 radical (unpaired) electrons. The maximum atomic E-state index is 11.1. The highest BCUT2D eigenvalue weighted by molar-refractivity contribution is 5.70. The predicted octanol–water partition coefficient (Wildman–Crippen LogP) is 1.33. The summed E-state index contributed by atoms with van der Waals surface area (Å²) in [4.78, 5) is 11.1. The third kappa shape index (κ3) is 3.35. The Balaban J connectivity index is 2.41. The van der Waals surface area contributed by atoms with Gasteiger partial charge in [-0.15, -0.1) is 0 Å². The molecule has 0 heterocycles. The van der Waals surface area contributed by atoms with Gasteiger partial charge in [0.1, 0.15) is 0 Å². The number of esters is 1. The van der Waals surface area contributed by atoms with Crippen LogP contribution in [0.15, 0.2) is 0 Å². The first kappa shape index (κ1) is 10.5. The fourth-order valence-corrected chi connectivity index (χ4v) is 1.61. The molecular formula is C10H19NO2. The van der Waals surface area contributed by atoms with Crippen molar-refractivity contribution >= 4 is 5.97 Å². The van der Waals surface area contributed by atoms with Crippen molar-refractivity contribution in [3.63, 3.8) is 0 Å². The summed E-state index contributed by atoms with van der Waals surface area (Å²) in [5.74, 6) is 0.694. The molecule has 0 aromatic carbocycles. The first-order chi connectivity index (χ1) is 6.09. The Morgan fingerprint density at radius 2 is 2.23 bits per heavy atom. The van der Waals surface area contributed by atoms with Gasteiger partial charge in [0, 0.05) is 5.54 Å². The molecule has 0 aromatic rings. The minimum atomic E-state index is -0.127. The molecule has 3 heteroatoms. The van der Waals surface area contributed by atoms with Crippen LogP contribution in [0.3, 0.4) is 0 Å². The third-order valence-corrected chi connectivity index (χ3v) is 2.80. The first-order valence-electron chi connectivity index (χ1n) is 4.85. The van der Waals surface area contributed by atoms with Gasteiger partial charge < -0.3 is 10.1 Å². The van der Waals surface area contributed by atoms with Gasteiger partial charge in [-0.1, -0.05) is 12.8 Å². The molecule has 1 fully saturated rings.